The van der Waals surface area contributed by atoms with Crippen LogP contribution in [0.25, 0.3) is 0 Å². The van der Waals surface area contributed by atoms with Gasteiger partial charge in [-0.2, -0.15) is 0 Å². The largest absolute Gasteiger partial charge is 0.497 e. The molecule has 8 heteroatoms. The predicted molar refractivity (Wildman–Crippen MR) is 177 cm³/mol. The number of aliphatic imine (C=N–C) groups is 1. The van der Waals surface area contributed by atoms with E-state index in [2.05, 4.69) is 0 Å². The van der Waals surface area contributed by atoms with Crippen LogP contribution in [0.1, 0.15) is 38.7 Å². The van der Waals surface area contributed by atoms with E-state index in [1.807, 2.05) is 108 Å². The Labute approximate surface area is 268 Å². The molecule has 1 aliphatic heterocycles. The van der Waals surface area contributed by atoms with Crippen LogP contribution in [0.5, 0.6) is 17.2 Å². The fourth-order valence-corrected chi connectivity index (χ4v) is 5.18. The predicted octanol–water partition coefficient (Wildman–Crippen LogP) is 7.46. The third-order valence-electron chi connectivity index (χ3n) is 7.50. The van der Waals surface area contributed by atoms with Crippen LogP contribution >= 0.6 is 0 Å². The first-order chi connectivity index (χ1) is 22.6. The molecule has 230 valence electrons. The second-order valence-electron chi connectivity index (χ2n) is 10.5. The van der Waals surface area contributed by atoms with Gasteiger partial charge in [-0.15, -0.1) is 5.10 Å². The van der Waals surface area contributed by atoms with Crippen molar-refractivity contribution in [2.45, 2.75) is 19.1 Å². The van der Waals surface area contributed by atoms with E-state index in [9.17, 15) is 4.79 Å². The number of ether oxygens (including phenoxy) is 4. The minimum atomic E-state index is -0.508. The zero-order chi connectivity index (χ0) is 31.7. The number of carbonyl (C=O) groups is 1. The van der Waals surface area contributed by atoms with E-state index in [-0.39, 0.29) is 6.54 Å². The first kappa shape index (κ1) is 30.1. The van der Waals surface area contributed by atoms with Crippen LogP contribution in [0.3, 0.4) is 0 Å². The second-order valence-corrected chi connectivity index (χ2v) is 10.5. The molecule has 5 aromatic carbocycles. The summed E-state index contributed by atoms with van der Waals surface area (Å²) < 4.78 is 23.6. The van der Waals surface area contributed by atoms with Gasteiger partial charge in [0.15, 0.2) is 0 Å². The standard InChI is InChI=1S/C38H33N3O5/c1-43-32-21-13-20-29(24-32)35-37(39-25-30-18-9-12-23-34(30)45-38(42)28-16-7-4-8-17-28)46-36(27-14-5-3-6-15-27)40-41(35)26-31-19-10-11-22-33(31)44-2/h3-24,35H,25-26H2,1-2H3/t35-/m1/s1. The fourth-order valence-electron chi connectivity index (χ4n) is 5.18. The van der Waals surface area contributed by atoms with E-state index in [0.29, 0.717) is 35.4 Å². The molecule has 0 fully saturated rings. The summed E-state index contributed by atoms with van der Waals surface area (Å²) in [6, 6.07) is 41.1. The third kappa shape index (κ3) is 6.92. The van der Waals surface area contributed by atoms with Crippen molar-refractivity contribution in [2.24, 2.45) is 10.1 Å². The van der Waals surface area contributed by atoms with Crippen molar-refractivity contribution in [1.29, 1.82) is 0 Å². The Kier molecular flexibility index (Phi) is 9.35. The number of rotatable bonds is 10. The molecule has 1 aliphatic rings. The number of nitrogens with zero attached hydrogens (tertiary/aromatic N) is 3. The van der Waals surface area contributed by atoms with Gasteiger partial charge in [-0.25, -0.2) is 9.79 Å². The van der Waals surface area contributed by atoms with Crippen LogP contribution in [0, 0.1) is 0 Å². The molecule has 0 aromatic heterocycles. The van der Waals surface area contributed by atoms with E-state index >= 15 is 0 Å². The first-order valence-electron chi connectivity index (χ1n) is 14.9. The van der Waals surface area contributed by atoms with Crippen LogP contribution in [-0.2, 0) is 17.8 Å². The molecule has 0 saturated heterocycles. The van der Waals surface area contributed by atoms with Gasteiger partial charge in [0.25, 0.3) is 0 Å². The molecule has 1 atom stereocenters. The van der Waals surface area contributed by atoms with Crippen molar-refractivity contribution in [2.75, 3.05) is 14.2 Å². The highest BCUT2D eigenvalue weighted by Crippen LogP contribution is 2.34. The quantitative estimate of drug-likeness (QED) is 0.121. The van der Waals surface area contributed by atoms with Crippen LogP contribution in [0.2, 0.25) is 0 Å². The minimum Gasteiger partial charge on any atom is -0.497 e. The van der Waals surface area contributed by atoms with Gasteiger partial charge in [0.05, 0.1) is 32.9 Å². The molecular formula is C38H33N3O5. The van der Waals surface area contributed by atoms with Gasteiger partial charge < -0.3 is 18.9 Å². The molecule has 0 radical (unpaired) electrons. The average Bonchev–Trinajstić information content (AvgIpc) is 3.12. The maximum Gasteiger partial charge on any atom is 0.343 e. The monoisotopic (exact) mass is 611 g/mol. The lowest BCUT2D eigenvalue weighted by atomic mass is 10.0. The van der Waals surface area contributed by atoms with Crippen LogP contribution < -0.4 is 14.2 Å². The van der Waals surface area contributed by atoms with E-state index in [0.717, 1.165) is 28.0 Å². The summed E-state index contributed by atoms with van der Waals surface area (Å²) in [6.07, 6.45) is 0. The summed E-state index contributed by atoms with van der Waals surface area (Å²) >= 11 is 0. The third-order valence-corrected chi connectivity index (χ3v) is 7.50. The zero-order valence-corrected chi connectivity index (χ0v) is 25.6. The summed E-state index contributed by atoms with van der Waals surface area (Å²) in [7, 11) is 3.29. The van der Waals surface area contributed by atoms with E-state index < -0.39 is 12.0 Å². The Bertz CT molecular complexity index is 1860. The molecule has 8 nitrogen and oxygen atoms in total. The zero-order valence-electron chi connectivity index (χ0n) is 25.6. The van der Waals surface area contributed by atoms with E-state index in [4.69, 9.17) is 29.0 Å². The van der Waals surface area contributed by atoms with Crippen LogP contribution in [0.4, 0.5) is 0 Å². The number of hydrogen-bond acceptors (Lipinski definition) is 8. The van der Waals surface area contributed by atoms with Crippen molar-refractivity contribution in [1.82, 2.24) is 5.01 Å². The van der Waals surface area contributed by atoms with Crippen molar-refractivity contribution in [3.8, 4) is 17.2 Å². The number of para-hydroxylation sites is 2. The molecule has 0 amide bonds. The molecule has 0 unspecified atom stereocenters. The smallest absolute Gasteiger partial charge is 0.343 e. The molecule has 5 aromatic rings. The Balaban J connectivity index is 1.41. The molecule has 0 aliphatic carbocycles. The topological polar surface area (TPSA) is 82.0 Å². The van der Waals surface area contributed by atoms with Gasteiger partial charge in [0, 0.05) is 16.7 Å². The van der Waals surface area contributed by atoms with Crippen molar-refractivity contribution in [3.05, 3.63) is 161 Å². The molecule has 6 rings (SSSR count). The molecule has 1 heterocycles. The van der Waals surface area contributed by atoms with Crippen molar-refractivity contribution in [3.63, 3.8) is 0 Å². The minimum absolute atomic E-state index is 0.193. The Hall–Kier alpha value is -5.89. The summed E-state index contributed by atoms with van der Waals surface area (Å²) in [5, 5.41) is 6.97. The summed E-state index contributed by atoms with van der Waals surface area (Å²) in [6.45, 7) is 0.606. The number of hydrazone groups is 1. The molecule has 0 spiro atoms. The number of carbonyl (C=O) groups excluding carboxylic acids is 1. The van der Waals surface area contributed by atoms with Gasteiger partial charge in [-0.1, -0.05) is 84.9 Å². The van der Waals surface area contributed by atoms with Crippen LogP contribution in [-0.4, -0.2) is 37.0 Å². The number of methoxy groups -OCH3 is 2. The lowest BCUT2D eigenvalue weighted by Gasteiger charge is -2.35. The van der Waals surface area contributed by atoms with Gasteiger partial charge in [0.2, 0.25) is 11.8 Å². The fraction of sp³-hybridized carbons (Fsp3) is 0.132. The van der Waals surface area contributed by atoms with Gasteiger partial charge in [-0.05, 0) is 54.1 Å². The highest BCUT2D eigenvalue weighted by molar-refractivity contribution is 6.04. The van der Waals surface area contributed by atoms with Crippen LogP contribution in [0.15, 0.2) is 144 Å². The Morgan fingerprint density at radius 2 is 1.43 bits per heavy atom. The van der Waals surface area contributed by atoms with Gasteiger partial charge >= 0.3 is 5.97 Å². The lowest BCUT2D eigenvalue weighted by Crippen LogP contribution is -2.38. The van der Waals surface area contributed by atoms with Gasteiger partial charge in [0.1, 0.15) is 23.3 Å². The summed E-state index contributed by atoms with van der Waals surface area (Å²) in [5.41, 5.74) is 3.84. The highest BCUT2D eigenvalue weighted by atomic mass is 16.5. The number of benzene rings is 5. The summed E-state index contributed by atoms with van der Waals surface area (Å²) in [5.74, 6) is 2.29. The highest BCUT2D eigenvalue weighted by Gasteiger charge is 2.34. The van der Waals surface area contributed by atoms with Crippen molar-refractivity contribution < 1.29 is 23.7 Å². The molecule has 0 bridgehead atoms. The Morgan fingerprint density at radius 3 is 2.17 bits per heavy atom. The molecule has 46 heavy (non-hydrogen) atoms. The average molecular weight is 612 g/mol. The maximum atomic E-state index is 12.9. The van der Waals surface area contributed by atoms with E-state index in [1.165, 1.54) is 0 Å². The molecule has 0 saturated carbocycles. The number of hydrogen-bond donors (Lipinski definition) is 0. The second kappa shape index (κ2) is 14.3. The molecule has 0 N–H and O–H groups in total. The summed E-state index contributed by atoms with van der Waals surface area (Å²) in [4.78, 5) is 17.9. The maximum absolute atomic E-state index is 12.9. The van der Waals surface area contributed by atoms with Crippen molar-refractivity contribution >= 4 is 17.8 Å². The van der Waals surface area contributed by atoms with Gasteiger partial charge in [-0.3, -0.25) is 5.01 Å². The SMILES string of the molecule is COc1cccc([C@@H]2C(=NCc3ccccc3OC(=O)c3ccccc3)OC(c3ccccc3)=NN2Cc2ccccc2OC)c1. The normalized spacial score (nSPS) is 15.1. The first-order valence-corrected chi connectivity index (χ1v) is 14.9. The lowest BCUT2D eigenvalue weighted by molar-refractivity contribution is 0.0733. The number of esters is 1. The Morgan fingerprint density at radius 1 is 0.761 bits per heavy atom. The van der Waals surface area contributed by atoms with E-state index in [1.54, 1.807) is 44.6 Å². The molecular weight excluding hydrogens is 578 g/mol.